The second-order valence-corrected chi connectivity index (χ2v) is 9.61. The van der Waals surface area contributed by atoms with Crippen LogP contribution in [0.15, 0.2) is 42.7 Å². The fourth-order valence-electron chi connectivity index (χ4n) is 4.00. The molecule has 0 spiro atoms. The van der Waals surface area contributed by atoms with E-state index < -0.39 is 23.9 Å². The number of rotatable bonds is 7. The van der Waals surface area contributed by atoms with Gasteiger partial charge in [-0.25, -0.2) is 14.6 Å². The average molecular weight is 494 g/mol. The van der Waals surface area contributed by atoms with Crippen molar-refractivity contribution in [1.29, 1.82) is 0 Å². The topological polar surface area (TPSA) is 107 Å². The molecule has 1 N–H and O–H groups in total. The van der Waals surface area contributed by atoms with E-state index in [2.05, 4.69) is 22.2 Å². The van der Waals surface area contributed by atoms with Crippen molar-refractivity contribution in [2.24, 2.45) is 5.92 Å². The number of benzene rings is 1. The summed E-state index contributed by atoms with van der Waals surface area (Å²) in [5.74, 6) is -1.31. The lowest BCUT2D eigenvalue weighted by molar-refractivity contribution is -0.125. The molecule has 2 heterocycles. The third-order valence-electron chi connectivity index (χ3n) is 5.78. The fourth-order valence-corrected chi connectivity index (χ4v) is 5.40. The molecule has 3 aromatic rings. The van der Waals surface area contributed by atoms with E-state index in [-0.39, 0.29) is 12.3 Å². The first-order valence-corrected chi connectivity index (χ1v) is 12.4. The van der Waals surface area contributed by atoms with Crippen LogP contribution in [-0.2, 0) is 27.1 Å². The lowest BCUT2D eigenvalue weighted by Crippen LogP contribution is -2.26. The standard InChI is InChI=1S/C26H27N3O5S/c1-4-33-26(32)21-18-11-10-15(2)12-20(18)35-24(21)29-23(30)22(17-8-6-5-7-9-17)34-25(31)19-14-27-16(3)13-28-19/h5-9,13-15,22H,4,10-12H2,1-3H3,(H,29,30)/t15-,22+/m1/s1. The summed E-state index contributed by atoms with van der Waals surface area (Å²) in [4.78, 5) is 48.3. The number of hydrogen-bond acceptors (Lipinski definition) is 8. The maximum absolute atomic E-state index is 13.5. The zero-order valence-corrected chi connectivity index (χ0v) is 20.7. The fraction of sp³-hybridized carbons (Fsp3) is 0.346. The van der Waals surface area contributed by atoms with Crippen LogP contribution in [0, 0.1) is 12.8 Å². The van der Waals surface area contributed by atoms with Crippen molar-refractivity contribution in [2.45, 2.75) is 46.1 Å². The Morgan fingerprint density at radius 2 is 1.91 bits per heavy atom. The van der Waals surface area contributed by atoms with Crippen molar-refractivity contribution in [3.05, 3.63) is 75.7 Å². The summed E-state index contributed by atoms with van der Waals surface area (Å²) < 4.78 is 10.9. The largest absolute Gasteiger partial charge is 0.462 e. The Kier molecular flexibility index (Phi) is 7.55. The second-order valence-electron chi connectivity index (χ2n) is 8.50. The van der Waals surface area contributed by atoms with Gasteiger partial charge in [0.2, 0.25) is 6.10 Å². The molecule has 0 radical (unpaired) electrons. The highest BCUT2D eigenvalue weighted by atomic mass is 32.1. The normalized spacial score (nSPS) is 15.6. The first-order chi connectivity index (χ1) is 16.9. The molecule has 8 nitrogen and oxygen atoms in total. The predicted octanol–water partition coefficient (Wildman–Crippen LogP) is 4.68. The summed E-state index contributed by atoms with van der Waals surface area (Å²) in [6, 6.07) is 8.71. The SMILES string of the molecule is CCOC(=O)c1c(NC(=O)[C@@H](OC(=O)c2cnc(C)cn2)c2ccccc2)sc2c1CC[C@@H](C)C2. The minimum atomic E-state index is -1.25. The van der Waals surface area contributed by atoms with Crippen molar-refractivity contribution >= 4 is 34.2 Å². The Morgan fingerprint density at radius 1 is 1.14 bits per heavy atom. The maximum Gasteiger partial charge on any atom is 0.359 e. The van der Waals surface area contributed by atoms with Crippen LogP contribution in [0.5, 0.6) is 0 Å². The number of ether oxygens (including phenoxy) is 2. The molecule has 1 aliphatic carbocycles. The third-order valence-corrected chi connectivity index (χ3v) is 6.95. The number of carbonyl (C=O) groups excluding carboxylic acids is 3. The number of esters is 2. The number of hydrogen-bond donors (Lipinski definition) is 1. The maximum atomic E-state index is 13.5. The Balaban J connectivity index is 1.64. The Hall–Kier alpha value is -3.59. The first kappa shape index (κ1) is 24.5. The van der Waals surface area contributed by atoms with Crippen molar-refractivity contribution < 1.29 is 23.9 Å². The number of aryl methyl sites for hydroxylation is 1. The Bertz CT molecular complexity index is 1220. The average Bonchev–Trinajstić information content (AvgIpc) is 3.20. The zero-order valence-electron chi connectivity index (χ0n) is 19.9. The molecule has 0 saturated heterocycles. The Labute approximate surface area is 207 Å². The van der Waals surface area contributed by atoms with E-state index in [9.17, 15) is 14.4 Å². The number of aromatic nitrogens is 2. The molecular weight excluding hydrogens is 466 g/mol. The lowest BCUT2D eigenvalue weighted by Gasteiger charge is -2.19. The highest BCUT2D eigenvalue weighted by molar-refractivity contribution is 7.17. The molecule has 35 heavy (non-hydrogen) atoms. The van der Waals surface area contributed by atoms with Gasteiger partial charge in [-0.15, -0.1) is 11.3 Å². The number of carbonyl (C=O) groups is 3. The van der Waals surface area contributed by atoms with Gasteiger partial charge in [0.25, 0.3) is 5.91 Å². The molecule has 1 amide bonds. The molecular formula is C26H27N3O5S. The molecule has 4 rings (SSSR count). The number of nitrogens with one attached hydrogen (secondary N) is 1. The van der Waals surface area contributed by atoms with Gasteiger partial charge >= 0.3 is 11.9 Å². The molecule has 0 bridgehead atoms. The van der Waals surface area contributed by atoms with Gasteiger partial charge in [0.15, 0.2) is 5.69 Å². The van der Waals surface area contributed by atoms with E-state index in [1.807, 2.05) is 0 Å². The Morgan fingerprint density at radius 3 is 2.60 bits per heavy atom. The number of fused-ring (bicyclic) bond motifs is 1. The molecule has 1 aromatic carbocycles. The van der Waals surface area contributed by atoms with Gasteiger partial charge in [0, 0.05) is 16.6 Å². The van der Waals surface area contributed by atoms with Crippen molar-refractivity contribution in [1.82, 2.24) is 9.97 Å². The van der Waals surface area contributed by atoms with Gasteiger partial charge in [-0.1, -0.05) is 37.3 Å². The summed E-state index contributed by atoms with van der Waals surface area (Å²) in [6.45, 7) is 5.90. The summed E-state index contributed by atoms with van der Waals surface area (Å²) in [7, 11) is 0. The third kappa shape index (κ3) is 5.57. The van der Waals surface area contributed by atoms with Crippen LogP contribution in [-0.4, -0.2) is 34.4 Å². The highest BCUT2D eigenvalue weighted by Gasteiger charge is 2.32. The molecule has 2 atom stereocenters. The second kappa shape index (κ2) is 10.8. The summed E-state index contributed by atoms with van der Waals surface area (Å²) in [6.07, 6.45) is 4.07. The highest BCUT2D eigenvalue weighted by Crippen LogP contribution is 2.40. The van der Waals surface area contributed by atoms with E-state index >= 15 is 0 Å². The van der Waals surface area contributed by atoms with E-state index in [1.54, 1.807) is 44.2 Å². The van der Waals surface area contributed by atoms with E-state index in [1.165, 1.54) is 23.7 Å². The van der Waals surface area contributed by atoms with Gasteiger partial charge in [0.05, 0.1) is 24.1 Å². The van der Waals surface area contributed by atoms with Crippen molar-refractivity contribution in [2.75, 3.05) is 11.9 Å². The minimum Gasteiger partial charge on any atom is -0.462 e. The number of nitrogens with zero attached hydrogens (tertiary/aromatic N) is 2. The van der Waals surface area contributed by atoms with Gasteiger partial charge in [-0.05, 0) is 44.6 Å². The van der Waals surface area contributed by atoms with Crippen LogP contribution in [0.25, 0.3) is 0 Å². The number of amides is 1. The van der Waals surface area contributed by atoms with E-state index in [0.717, 1.165) is 29.7 Å². The quantitative estimate of drug-likeness (QED) is 0.476. The minimum absolute atomic E-state index is 0.00267. The molecule has 0 saturated carbocycles. The predicted molar refractivity (Wildman–Crippen MR) is 131 cm³/mol. The van der Waals surface area contributed by atoms with Crippen LogP contribution in [0.2, 0.25) is 0 Å². The van der Waals surface area contributed by atoms with Gasteiger partial charge in [0.1, 0.15) is 5.00 Å². The smallest absolute Gasteiger partial charge is 0.359 e. The zero-order chi connectivity index (χ0) is 24.9. The van der Waals surface area contributed by atoms with Gasteiger partial charge in [-0.2, -0.15) is 0 Å². The van der Waals surface area contributed by atoms with Gasteiger partial charge in [-0.3, -0.25) is 9.78 Å². The molecule has 182 valence electrons. The summed E-state index contributed by atoms with van der Waals surface area (Å²) >= 11 is 1.38. The van der Waals surface area contributed by atoms with E-state index in [4.69, 9.17) is 9.47 Å². The van der Waals surface area contributed by atoms with Crippen LogP contribution < -0.4 is 5.32 Å². The molecule has 2 aromatic heterocycles. The molecule has 0 aliphatic heterocycles. The van der Waals surface area contributed by atoms with Crippen LogP contribution in [0.4, 0.5) is 5.00 Å². The van der Waals surface area contributed by atoms with Crippen LogP contribution in [0.3, 0.4) is 0 Å². The van der Waals surface area contributed by atoms with Crippen molar-refractivity contribution in [3.8, 4) is 0 Å². The van der Waals surface area contributed by atoms with E-state index in [0.29, 0.717) is 27.7 Å². The van der Waals surface area contributed by atoms with Crippen LogP contribution in [0.1, 0.15) is 68.9 Å². The monoisotopic (exact) mass is 493 g/mol. The lowest BCUT2D eigenvalue weighted by atomic mass is 9.88. The first-order valence-electron chi connectivity index (χ1n) is 11.5. The molecule has 1 aliphatic rings. The van der Waals surface area contributed by atoms with Crippen molar-refractivity contribution in [3.63, 3.8) is 0 Å². The molecule has 0 unspecified atom stereocenters. The molecule has 9 heteroatoms. The number of thiophene rings is 1. The molecule has 0 fully saturated rings. The summed E-state index contributed by atoms with van der Waals surface area (Å²) in [5.41, 5.74) is 2.48. The van der Waals surface area contributed by atoms with Crippen LogP contribution >= 0.6 is 11.3 Å². The number of anilines is 1. The van der Waals surface area contributed by atoms with Gasteiger partial charge < -0.3 is 14.8 Å². The summed E-state index contributed by atoms with van der Waals surface area (Å²) in [5, 5.41) is 3.27.